The number of hydrogen-bond donors (Lipinski definition) is 5. The van der Waals surface area contributed by atoms with Crippen LogP contribution >= 0.6 is 0 Å². The molecule has 0 saturated heterocycles. The zero-order valence-corrected chi connectivity index (χ0v) is 12.9. The second-order valence-electron chi connectivity index (χ2n) is 4.09. The summed E-state index contributed by atoms with van der Waals surface area (Å²) in [4.78, 5) is 16.7. The summed E-state index contributed by atoms with van der Waals surface area (Å²) >= 11 is 0. The van der Waals surface area contributed by atoms with Crippen molar-refractivity contribution in [3.63, 3.8) is 0 Å². The van der Waals surface area contributed by atoms with Crippen molar-refractivity contribution in [3.8, 4) is 0 Å². The average Bonchev–Trinajstić information content (AvgIpc) is 2.41. The van der Waals surface area contributed by atoms with Crippen LogP contribution in [0.3, 0.4) is 0 Å². The smallest absolute Gasteiger partial charge is 0.275 e. The number of isocyanates is 2. The summed E-state index contributed by atoms with van der Waals surface area (Å²) in [5, 5.41) is 35.9. The van der Waals surface area contributed by atoms with Crippen LogP contribution in [0.5, 0.6) is 0 Å². The molecule has 0 atom stereocenters. The van der Waals surface area contributed by atoms with Gasteiger partial charge in [0.05, 0.1) is 0 Å². The molecule has 124 valence electrons. The van der Waals surface area contributed by atoms with Crippen molar-refractivity contribution in [2.75, 3.05) is 0 Å². The van der Waals surface area contributed by atoms with Gasteiger partial charge < -0.3 is 15.3 Å². The molecule has 1 aromatic rings. The fourth-order valence-corrected chi connectivity index (χ4v) is 1.15. The Balaban J connectivity index is -0.000000246. The highest BCUT2D eigenvalue weighted by atomic mass is 16.7. The zero-order chi connectivity index (χ0) is 17.9. The van der Waals surface area contributed by atoms with E-state index < -0.39 is 5.97 Å². The minimum absolute atomic E-state index is 0.0425. The Labute approximate surface area is 130 Å². The molecule has 0 spiro atoms. The van der Waals surface area contributed by atoms with Gasteiger partial charge in [-0.2, -0.15) is 0 Å². The summed E-state index contributed by atoms with van der Waals surface area (Å²) in [6.45, 7) is 4.09. The molecular formula is C15H24N2O5. The lowest BCUT2D eigenvalue weighted by Gasteiger charge is -2.12. The molecule has 7 nitrogen and oxygen atoms in total. The van der Waals surface area contributed by atoms with E-state index in [4.69, 9.17) is 35.7 Å². The second kappa shape index (κ2) is 18.9. The van der Waals surface area contributed by atoms with Gasteiger partial charge in [0.25, 0.3) is 5.97 Å². The maximum absolute atomic E-state index is 8.36. The molecule has 1 aromatic carbocycles. The number of benzene rings is 1. The van der Waals surface area contributed by atoms with Crippen LogP contribution in [0.15, 0.2) is 30.3 Å². The number of rotatable bonds is 4. The summed E-state index contributed by atoms with van der Waals surface area (Å²) in [7, 11) is 0. The van der Waals surface area contributed by atoms with E-state index in [0.29, 0.717) is 6.42 Å². The molecule has 0 saturated carbocycles. The van der Waals surface area contributed by atoms with Crippen LogP contribution in [0.4, 0.5) is 0 Å². The van der Waals surface area contributed by atoms with E-state index in [1.54, 1.807) is 0 Å². The highest BCUT2D eigenvalue weighted by molar-refractivity contribution is 5.26. The number of aliphatic hydroxyl groups is 3. The van der Waals surface area contributed by atoms with Gasteiger partial charge in [0, 0.05) is 6.42 Å². The van der Waals surface area contributed by atoms with Crippen molar-refractivity contribution in [2.24, 2.45) is 0 Å². The molecule has 0 heterocycles. The molecule has 1 rings (SSSR count). The first-order valence-corrected chi connectivity index (χ1v) is 6.55. The molecule has 0 bridgehead atoms. The van der Waals surface area contributed by atoms with Crippen LogP contribution in [-0.4, -0.2) is 33.5 Å². The number of aryl methyl sites for hydroxylation is 1. The molecule has 0 amide bonds. The maximum atomic E-state index is 8.36. The van der Waals surface area contributed by atoms with Gasteiger partial charge in [-0.1, -0.05) is 55.7 Å². The van der Waals surface area contributed by atoms with Gasteiger partial charge >= 0.3 is 0 Å². The van der Waals surface area contributed by atoms with Crippen LogP contribution in [0, 0.1) is 17.7 Å². The van der Waals surface area contributed by atoms with Crippen LogP contribution in [0.2, 0.25) is 0 Å². The van der Waals surface area contributed by atoms with Gasteiger partial charge in [-0.3, -0.25) is 0 Å². The third-order valence-corrected chi connectivity index (χ3v) is 2.06. The van der Waals surface area contributed by atoms with E-state index in [2.05, 4.69) is 19.1 Å². The summed E-state index contributed by atoms with van der Waals surface area (Å²) in [6.07, 6.45) is 4.13. The fourth-order valence-electron chi connectivity index (χ4n) is 1.15. The average molecular weight is 312 g/mol. The summed E-state index contributed by atoms with van der Waals surface area (Å²) in [5.74, 6) is -2.45. The minimum Gasteiger partial charge on any atom is -0.344 e. The Morgan fingerprint density at radius 2 is 1.41 bits per heavy atom. The quantitative estimate of drug-likeness (QED) is 0.250. The predicted octanol–water partition coefficient (Wildman–Crippen LogP) is 1.99. The minimum atomic E-state index is -2.45. The molecule has 0 aliphatic rings. The fraction of sp³-hybridized carbons (Fsp3) is 0.467. The predicted molar refractivity (Wildman–Crippen MR) is 81.5 cm³/mol. The Bertz CT molecular complexity index is 392. The summed E-state index contributed by atoms with van der Waals surface area (Å²) < 4.78 is 0. The van der Waals surface area contributed by atoms with Gasteiger partial charge in [0.1, 0.15) is 0 Å². The third kappa shape index (κ3) is 36.1. The lowest BCUT2D eigenvalue weighted by Crippen LogP contribution is -2.26. The highest BCUT2D eigenvalue weighted by Crippen LogP contribution is 2.07. The Morgan fingerprint density at radius 1 is 1.00 bits per heavy atom. The molecule has 0 aromatic heterocycles. The normalized spacial score (nSPS) is 8.41. The molecule has 22 heavy (non-hydrogen) atoms. The van der Waals surface area contributed by atoms with E-state index in [-0.39, 0.29) is 6.42 Å². The Morgan fingerprint density at radius 3 is 1.64 bits per heavy atom. The molecule has 0 fully saturated rings. The number of unbranched alkanes of at least 4 members (excludes halogenated alkanes) is 2. The standard InChI is InChI=1S/C7H8.C6H14O3.2CHNO/c1-7-5-3-2-4-6-7;1-2-3-4-5-6(7,8)9;2*2-1-3/h2-6H,1H3;7-9H,2-5H2,1H3;2*2H. The van der Waals surface area contributed by atoms with Crippen molar-refractivity contribution in [3.05, 3.63) is 35.9 Å². The van der Waals surface area contributed by atoms with E-state index >= 15 is 0 Å². The number of carbonyl (C=O) groups excluding carboxylic acids is 2. The summed E-state index contributed by atoms with van der Waals surface area (Å²) in [5.41, 5.74) is 1.32. The monoisotopic (exact) mass is 312 g/mol. The van der Waals surface area contributed by atoms with Crippen molar-refractivity contribution >= 4 is 12.2 Å². The van der Waals surface area contributed by atoms with Crippen molar-refractivity contribution in [1.29, 1.82) is 10.8 Å². The zero-order valence-electron chi connectivity index (χ0n) is 12.9. The number of nitrogens with one attached hydrogen (secondary N) is 2. The van der Waals surface area contributed by atoms with E-state index in [1.807, 2.05) is 25.1 Å². The molecule has 5 N–H and O–H groups in total. The van der Waals surface area contributed by atoms with Crippen LogP contribution in [0.1, 0.15) is 38.2 Å². The second-order valence-corrected chi connectivity index (χ2v) is 4.09. The maximum Gasteiger partial charge on any atom is 0.275 e. The SMILES string of the molecule is CCCCCC(O)(O)O.Cc1ccccc1.N=C=O.N=C=O. The van der Waals surface area contributed by atoms with E-state index in [0.717, 1.165) is 25.0 Å². The van der Waals surface area contributed by atoms with Gasteiger partial charge in [0.15, 0.2) is 0 Å². The van der Waals surface area contributed by atoms with Crippen molar-refractivity contribution < 1.29 is 24.9 Å². The molecule has 0 aliphatic carbocycles. The van der Waals surface area contributed by atoms with Crippen molar-refractivity contribution in [1.82, 2.24) is 0 Å². The van der Waals surface area contributed by atoms with Gasteiger partial charge in [0.2, 0.25) is 12.2 Å². The van der Waals surface area contributed by atoms with Crippen LogP contribution < -0.4 is 0 Å². The summed E-state index contributed by atoms with van der Waals surface area (Å²) in [6, 6.07) is 10.3. The van der Waals surface area contributed by atoms with E-state index in [1.165, 1.54) is 5.56 Å². The van der Waals surface area contributed by atoms with Gasteiger partial charge in [-0.05, 0) is 13.3 Å². The van der Waals surface area contributed by atoms with Crippen LogP contribution in [-0.2, 0) is 9.59 Å². The van der Waals surface area contributed by atoms with Crippen LogP contribution in [0.25, 0.3) is 0 Å². The molecular weight excluding hydrogens is 288 g/mol. The lowest BCUT2D eigenvalue weighted by molar-refractivity contribution is -0.314. The first kappa shape index (κ1) is 24.9. The first-order chi connectivity index (χ1) is 10.3. The Kier molecular flexibility index (Phi) is 21.3. The van der Waals surface area contributed by atoms with Gasteiger partial charge in [-0.25, -0.2) is 20.4 Å². The van der Waals surface area contributed by atoms with Gasteiger partial charge in [-0.15, -0.1) is 0 Å². The highest BCUT2D eigenvalue weighted by Gasteiger charge is 2.15. The third-order valence-electron chi connectivity index (χ3n) is 2.06. The molecule has 0 unspecified atom stereocenters. The molecule has 0 radical (unpaired) electrons. The largest absolute Gasteiger partial charge is 0.344 e. The molecule has 0 aliphatic heterocycles. The molecule has 7 heteroatoms. The Hall–Kier alpha value is -2.14. The van der Waals surface area contributed by atoms with Crippen molar-refractivity contribution in [2.45, 2.75) is 45.5 Å². The van der Waals surface area contributed by atoms with E-state index in [9.17, 15) is 0 Å². The first-order valence-electron chi connectivity index (χ1n) is 6.55. The lowest BCUT2D eigenvalue weighted by atomic mass is 10.2. The number of hydrogen-bond acceptors (Lipinski definition) is 7. The topological polar surface area (TPSA) is 143 Å².